The minimum Gasteiger partial charge on any atom is -0.299 e. The number of aliphatic imine (C=N–C) groups is 1. The monoisotopic (exact) mass is 313 g/mol. The van der Waals surface area contributed by atoms with Gasteiger partial charge in [-0.05, 0) is 39.5 Å². The maximum Gasteiger partial charge on any atom is 0.256 e. The third kappa shape index (κ3) is 1.97. The number of amides is 1. The van der Waals surface area contributed by atoms with Crippen molar-refractivity contribution in [3.8, 4) is 0 Å². The van der Waals surface area contributed by atoms with Gasteiger partial charge in [-0.3, -0.25) is 14.7 Å². The Kier molecular flexibility index (Phi) is 3.40. The summed E-state index contributed by atoms with van der Waals surface area (Å²) in [7, 11) is -3.18. The van der Waals surface area contributed by atoms with Crippen LogP contribution in [0.1, 0.15) is 33.6 Å². The van der Waals surface area contributed by atoms with Crippen molar-refractivity contribution < 1.29 is 13.2 Å². The summed E-state index contributed by atoms with van der Waals surface area (Å²) in [4.78, 5) is 19.2. The first-order valence-electron chi connectivity index (χ1n) is 7.72. The molecule has 2 aliphatic heterocycles. The van der Waals surface area contributed by atoms with E-state index in [2.05, 4.69) is 0 Å². The number of carbonyl (C=O) groups is 1. The molecular formula is C14H23N3O3S. The Hall–Kier alpha value is -0.950. The van der Waals surface area contributed by atoms with Crippen LogP contribution < -0.4 is 0 Å². The van der Waals surface area contributed by atoms with E-state index in [0.717, 1.165) is 18.7 Å². The van der Waals surface area contributed by atoms with E-state index in [-0.39, 0.29) is 23.5 Å². The Balaban J connectivity index is 1.91. The summed E-state index contributed by atoms with van der Waals surface area (Å²) >= 11 is 0. The van der Waals surface area contributed by atoms with Crippen molar-refractivity contribution in [2.75, 3.05) is 25.4 Å². The molecule has 1 amide bonds. The van der Waals surface area contributed by atoms with Gasteiger partial charge >= 0.3 is 0 Å². The molecule has 21 heavy (non-hydrogen) atoms. The van der Waals surface area contributed by atoms with Gasteiger partial charge in [-0.25, -0.2) is 12.7 Å². The van der Waals surface area contributed by atoms with Crippen molar-refractivity contribution >= 4 is 21.8 Å². The van der Waals surface area contributed by atoms with E-state index in [0.29, 0.717) is 19.6 Å². The van der Waals surface area contributed by atoms with Crippen LogP contribution in [0, 0.1) is 11.8 Å². The Morgan fingerprint density at radius 1 is 1.33 bits per heavy atom. The van der Waals surface area contributed by atoms with Crippen LogP contribution >= 0.6 is 0 Å². The van der Waals surface area contributed by atoms with Gasteiger partial charge in [0.1, 0.15) is 11.4 Å². The van der Waals surface area contributed by atoms with Gasteiger partial charge in [-0.15, -0.1) is 0 Å². The predicted molar refractivity (Wildman–Crippen MR) is 80.5 cm³/mol. The van der Waals surface area contributed by atoms with Crippen LogP contribution in [-0.4, -0.2) is 60.3 Å². The maximum atomic E-state index is 12.8. The maximum absolute atomic E-state index is 12.8. The molecule has 6 nitrogen and oxygen atoms in total. The number of amidine groups is 1. The molecule has 3 rings (SSSR count). The highest BCUT2D eigenvalue weighted by Gasteiger charge is 2.61. The van der Waals surface area contributed by atoms with Crippen molar-refractivity contribution in [1.29, 1.82) is 0 Å². The van der Waals surface area contributed by atoms with Gasteiger partial charge in [0.2, 0.25) is 10.0 Å². The molecule has 118 valence electrons. The van der Waals surface area contributed by atoms with Gasteiger partial charge in [-0.1, -0.05) is 0 Å². The Morgan fingerprint density at radius 3 is 2.62 bits per heavy atom. The zero-order valence-corrected chi connectivity index (χ0v) is 13.7. The fourth-order valence-electron chi connectivity index (χ4n) is 4.22. The highest BCUT2D eigenvalue weighted by Crippen LogP contribution is 2.50. The molecule has 0 aromatic carbocycles. The second kappa shape index (κ2) is 4.78. The Labute approximate surface area is 126 Å². The quantitative estimate of drug-likeness (QED) is 0.770. The molecule has 2 fully saturated rings. The summed E-state index contributed by atoms with van der Waals surface area (Å²) in [6, 6.07) is 0. The average Bonchev–Trinajstić information content (AvgIpc) is 3.06. The fraction of sp³-hybridized carbons (Fsp3) is 0.857. The lowest BCUT2D eigenvalue weighted by molar-refractivity contribution is -0.132. The number of carbonyl (C=O) groups excluding carboxylic acids is 1. The van der Waals surface area contributed by atoms with Crippen LogP contribution in [-0.2, 0) is 14.8 Å². The topological polar surface area (TPSA) is 70.1 Å². The zero-order valence-electron chi connectivity index (χ0n) is 12.9. The van der Waals surface area contributed by atoms with Gasteiger partial charge in [0.05, 0.1) is 5.75 Å². The zero-order chi connectivity index (χ0) is 15.4. The first-order chi connectivity index (χ1) is 9.85. The normalized spacial score (nSPS) is 36.6. The molecule has 1 spiro atoms. The van der Waals surface area contributed by atoms with Gasteiger partial charge < -0.3 is 0 Å². The van der Waals surface area contributed by atoms with Crippen molar-refractivity contribution in [1.82, 2.24) is 9.21 Å². The van der Waals surface area contributed by atoms with Crippen molar-refractivity contribution in [3.05, 3.63) is 0 Å². The average molecular weight is 313 g/mol. The number of fused-ring (bicyclic) bond motifs is 2. The SMILES string of the molecule is CCN1C(=O)[C@]2(CC[C@@H]3CN(S(=O)(=O)CC)C[C@@H]32)N=C1C. The summed E-state index contributed by atoms with van der Waals surface area (Å²) in [5.74, 6) is 1.28. The van der Waals surface area contributed by atoms with Gasteiger partial charge in [-0.2, -0.15) is 0 Å². The minimum absolute atomic E-state index is 0.0397. The third-order valence-electron chi connectivity index (χ3n) is 5.36. The van der Waals surface area contributed by atoms with E-state index in [1.165, 1.54) is 0 Å². The molecule has 2 heterocycles. The molecule has 0 bridgehead atoms. The Bertz CT molecular complexity index is 601. The van der Waals surface area contributed by atoms with Crippen LogP contribution in [0.3, 0.4) is 0 Å². The number of rotatable bonds is 3. The second-order valence-electron chi connectivity index (χ2n) is 6.26. The summed E-state index contributed by atoms with van der Waals surface area (Å²) in [6.45, 7) is 7.12. The molecule has 3 atom stereocenters. The highest BCUT2D eigenvalue weighted by atomic mass is 32.2. The lowest BCUT2D eigenvalue weighted by Gasteiger charge is -2.27. The molecular weight excluding hydrogens is 290 g/mol. The molecule has 1 aliphatic carbocycles. The van der Waals surface area contributed by atoms with Gasteiger partial charge in [0.25, 0.3) is 5.91 Å². The largest absolute Gasteiger partial charge is 0.299 e. The van der Waals surface area contributed by atoms with Crippen LogP contribution in [0.25, 0.3) is 0 Å². The molecule has 7 heteroatoms. The summed E-state index contributed by atoms with van der Waals surface area (Å²) in [5.41, 5.74) is -0.692. The van der Waals surface area contributed by atoms with Crippen molar-refractivity contribution in [2.45, 2.75) is 39.2 Å². The first-order valence-corrected chi connectivity index (χ1v) is 9.33. The molecule has 1 saturated heterocycles. The molecule has 0 N–H and O–H groups in total. The molecule has 0 aromatic rings. The standard InChI is InChI=1S/C14H23N3O3S/c1-4-17-10(3)15-14(13(17)18)7-6-11-8-16(9-12(11)14)21(19,20)5-2/h11-12H,4-9H2,1-3H3/t11-,12+,14-/m1/s1. The molecule has 3 aliphatic rings. The summed E-state index contributed by atoms with van der Waals surface area (Å²) in [5, 5.41) is 0. The smallest absolute Gasteiger partial charge is 0.256 e. The van der Waals surface area contributed by atoms with Gasteiger partial charge in [0.15, 0.2) is 0 Å². The van der Waals surface area contributed by atoms with Crippen molar-refractivity contribution in [3.63, 3.8) is 0 Å². The lowest BCUT2D eigenvalue weighted by atomic mass is 9.85. The van der Waals surface area contributed by atoms with Crippen molar-refractivity contribution in [2.24, 2.45) is 16.8 Å². The molecule has 0 unspecified atom stereocenters. The number of hydrogen-bond donors (Lipinski definition) is 0. The van der Waals surface area contributed by atoms with E-state index >= 15 is 0 Å². The second-order valence-corrected chi connectivity index (χ2v) is 8.51. The third-order valence-corrected chi connectivity index (χ3v) is 7.17. The van der Waals surface area contributed by atoms with Crippen LogP contribution in [0.2, 0.25) is 0 Å². The van der Waals surface area contributed by atoms with E-state index in [1.54, 1.807) is 16.1 Å². The number of nitrogens with zero attached hydrogens (tertiary/aromatic N) is 3. The summed E-state index contributed by atoms with van der Waals surface area (Å²) in [6.07, 6.45) is 1.65. The van der Waals surface area contributed by atoms with Crippen LogP contribution in [0.5, 0.6) is 0 Å². The van der Waals surface area contributed by atoms with Crippen LogP contribution in [0.4, 0.5) is 0 Å². The number of hydrogen-bond acceptors (Lipinski definition) is 4. The lowest BCUT2D eigenvalue weighted by Crippen LogP contribution is -2.46. The highest BCUT2D eigenvalue weighted by molar-refractivity contribution is 7.89. The fourth-order valence-corrected chi connectivity index (χ4v) is 5.39. The van der Waals surface area contributed by atoms with E-state index in [4.69, 9.17) is 4.99 Å². The molecule has 0 aromatic heterocycles. The van der Waals surface area contributed by atoms with Crippen LogP contribution in [0.15, 0.2) is 4.99 Å². The molecule has 1 saturated carbocycles. The van der Waals surface area contributed by atoms with Gasteiger partial charge in [0, 0.05) is 25.6 Å². The first kappa shape index (κ1) is 15.0. The number of sulfonamides is 1. The van der Waals surface area contributed by atoms with E-state index < -0.39 is 15.6 Å². The summed E-state index contributed by atoms with van der Waals surface area (Å²) < 4.78 is 25.8. The Morgan fingerprint density at radius 2 is 2.05 bits per heavy atom. The van der Waals surface area contributed by atoms with E-state index in [9.17, 15) is 13.2 Å². The number of likely N-dealkylation sites (N-methyl/N-ethyl adjacent to an activating group) is 1. The predicted octanol–water partition coefficient (Wildman–Crippen LogP) is 0.697. The minimum atomic E-state index is -3.18. The van der Waals surface area contributed by atoms with E-state index in [1.807, 2.05) is 13.8 Å². The molecule has 0 radical (unpaired) electrons.